The van der Waals surface area contributed by atoms with Crippen LogP contribution in [0.2, 0.25) is 0 Å². The average molecular weight is 202 g/mol. The maximum absolute atomic E-state index is 11.1. The van der Waals surface area contributed by atoms with Gasteiger partial charge < -0.3 is 9.05 Å². The van der Waals surface area contributed by atoms with Crippen LogP contribution in [0.1, 0.15) is 0 Å². The molecule has 0 aliphatic carbocycles. The second-order valence-corrected chi connectivity index (χ2v) is 6.46. The van der Waals surface area contributed by atoms with Crippen molar-refractivity contribution in [3.8, 4) is 0 Å². The Morgan fingerprint density at radius 2 is 1.18 bits per heavy atom. The highest BCUT2D eigenvalue weighted by molar-refractivity contribution is 7.66. The van der Waals surface area contributed by atoms with Gasteiger partial charge in [0.2, 0.25) is 0 Å². The summed E-state index contributed by atoms with van der Waals surface area (Å²) in [6.45, 7) is 2.45. The summed E-state index contributed by atoms with van der Waals surface area (Å²) in [7, 11) is -3.96. The second kappa shape index (κ2) is 3.83. The highest BCUT2D eigenvalue weighted by atomic mass is 31.3. The molecule has 0 heterocycles. The monoisotopic (exact) mass is 202 g/mol. The van der Waals surface area contributed by atoms with Gasteiger partial charge in [0, 0.05) is 27.5 Å². The van der Waals surface area contributed by atoms with Gasteiger partial charge in [-0.2, -0.15) is 0 Å². The molecule has 0 rings (SSSR count). The normalized spacial score (nSPS) is 22.2. The maximum Gasteiger partial charge on any atom is 0.334 e. The summed E-state index contributed by atoms with van der Waals surface area (Å²) in [4.78, 5) is 0. The fourth-order valence-corrected chi connectivity index (χ4v) is 3.02. The van der Waals surface area contributed by atoms with Crippen LogP contribution in [-0.4, -0.2) is 27.5 Å². The van der Waals surface area contributed by atoms with E-state index in [2.05, 4.69) is 13.4 Å². The average Bonchev–Trinajstić information content (AvgIpc) is 1.86. The van der Waals surface area contributed by atoms with Crippen LogP contribution in [0.25, 0.3) is 0 Å². The molecule has 0 bridgehead atoms. The largest absolute Gasteiger partial charge is 0.334 e. The predicted octanol–water partition coefficient (Wildman–Crippen LogP) is 1.94. The quantitative estimate of drug-likeness (QED) is 0.652. The van der Waals surface area contributed by atoms with E-state index in [9.17, 15) is 9.13 Å². The topological polar surface area (TPSA) is 61.8 Å². The van der Waals surface area contributed by atoms with E-state index >= 15 is 0 Å². The van der Waals surface area contributed by atoms with Crippen molar-refractivity contribution in [2.45, 2.75) is 0 Å². The molecule has 2 atom stereocenters. The molecule has 0 aromatic rings. The smallest absolute Gasteiger partial charge is 0.312 e. The van der Waals surface area contributed by atoms with Crippen LogP contribution in [0.3, 0.4) is 0 Å². The Morgan fingerprint density at radius 1 is 0.909 bits per heavy atom. The van der Waals surface area contributed by atoms with Gasteiger partial charge in [-0.3, -0.25) is 9.13 Å². The Labute approximate surface area is 66.1 Å². The molecule has 7 heteroatoms. The first-order chi connectivity index (χ1) is 4.83. The fraction of sp³-hybridized carbons (Fsp3) is 1.00. The van der Waals surface area contributed by atoms with Gasteiger partial charge in [0.05, 0.1) is 0 Å². The van der Waals surface area contributed by atoms with Gasteiger partial charge in [-0.15, -0.1) is 0 Å². The molecule has 11 heavy (non-hydrogen) atoms. The summed E-state index contributed by atoms with van der Waals surface area (Å²) in [5.41, 5.74) is 0. The van der Waals surface area contributed by atoms with Gasteiger partial charge in [0.1, 0.15) is 0 Å². The van der Waals surface area contributed by atoms with Crippen LogP contribution in [0.15, 0.2) is 0 Å². The van der Waals surface area contributed by atoms with Gasteiger partial charge in [-0.1, -0.05) is 0 Å². The van der Waals surface area contributed by atoms with Gasteiger partial charge in [0.25, 0.3) is 0 Å². The molecule has 0 aliphatic rings. The zero-order valence-electron chi connectivity index (χ0n) is 6.94. The van der Waals surface area contributed by atoms with E-state index in [0.29, 0.717) is 0 Å². The third kappa shape index (κ3) is 4.72. The summed E-state index contributed by atoms with van der Waals surface area (Å²) in [6, 6.07) is 0. The number of hydrogen-bond donors (Lipinski definition) is 0. The molecule has 0 radical (unpaired) electrons. The lowest BCUT2D eigenvalue weighted by molar-refractivity contribution is 0.284. The molecule has 0 aromatic carbocycles. The lowest BCUT2D eigenvalue weighted by Crippen LogP contribution is -1.90. The fourth-order valence-electron chi connectivity index (χ4n) is 0.336. The Balaban J connectivity index is 4.26. The first-order valence-corrected chi connectivity index (χ1v) is 6.79. The zero-order valence-corrected chi connectivity index (χ0v) is 8.72. The molecule has 0 aliphatic heterocycles. The van der Waals surface area contributed by atoms with E-state index in [-0.39, 0.29) is 0 Å². The molecular weight excluding hydrogens is 190 g/mol. The van der Waals surface area contributed by atoms with Gasteiger partial charge in [-0.05, 0) is 0 Å². The number of rotatable bonds is 4. The number of hydrogen-bond acceptors (Lipinski definition) is 5. The van der Waals surface area contributed by atoms with E-state index in [1.165, 1.54) is 27.5 Å². The highest BCUT2D eigenvalue weighted by Crippen LogP contribution is 2.60. The molecule has 0 saturated heterocycles. The van der Waals surface area contributed by atoms with Crippen LogP contribution in [-0.2, 0) is 22.5 Å². The van der Waals surface area contributed by atoms with Crippen LogP contribution in [0.5, 0.6) is 0 Å². The Kier molecular flexibility index (Phi) is 3.95. The van der Waals surface area contributed by atoms with Gasteiger partial charge in [-0.25, -0.2) is 4.31 Å². The van der Waals surface area contributed by atoms with Crippen molar-refractivity contribution in [2.24, 2.45) is 0 Å². The Bertz CT molecular complexity index is 191. The lowest BCUT2D eigenvalue weighted by atomic mass is 11.8. The first-order valence-electron chi connectivity index (χ1n) is 2.81. The van der Waals surface area contributed by atoms with Crippen LogP contribution in [0.4, 0.5) is 0 Å². The van der Waals surface area contributed by atoms with E-state index < -0.39 is 15.2 Å². The van der Waals surface area contributed by atoms with Crippen molar-refractivity contribution in [2.75, 3.05) is 27.5 Å². The third-order valence-corrected chi connectivity index (χ3v) is 4.66. The zero-order chi connectivity index (χ0) is 9.12. The van der Waals surface area contributed by atoms with Crippen LogP contribution in [0, 0.1) is 0 Å². The van der Waals surface area contributed by atoms with Crippen LogP contribution < -0.4 is 0 Å². The molecule has 0 fully saturated rings. The van der Waals surface area contributed by atoms with E-state index in [4.69, 9.17) is 0 Å². The molecule has 0 N–H and O–H groups in total. The summed E-state index contributed by atoms with van der Waals surface area (Å²) < 4.78 is 35.6. The minimum absolute atomic E-state index is 1.22. The highest BCUT2D eigenvalue weighted by Gasteiger charge is 2.26. The second-order valence-electron chi connectivity index (χ2n) is 1.99. The summed E-state index contributed by atoms with van der Waals surface area (Å²) >= 11 is 0. The molecule has 0 aromatic heterocycles. The standard InChI is InChI=1S/C4H12O5P2/c1-7-10(3,5)9-11(4,6)8-2/h1-4H3. The van der Waals surface area contributed by atoms with Gasteiger partial charge >= 0.3 is 15.2 Å². The first kappa shape index (κ1) is 11.3. The van der Waals surface area contributed by atoms with Crippen molar-refractivity contribution < 1.29 is 22.5 Å². The van der Waals surface area contributed by atoms with Gasteiger partial charge in [0.15, 0.2) is 0 Å². The van der Waals surface area contributed by atoms with Crippen molar-refractivity contribution in [1.29, 1.82) is 0 Å². The minimum Gasteiger partial charge on any atom is -0.312 e. The molecule has 68 valence electrons. The molecule has 0 spiro atoms. The van der Waals surface area contributed by atoms with Crippen molar-refractivity contribution in [3.05, 3.63) is 0 Å². The summed E-state index contributed by atoms with van der Waals surface area (Å²) in [5, 5.41) is 0. The Hall–Kier alpha value is 0.340. The van der Waals surface area contributed by atoms with E-state index in [1.54, 1.807) is 0 Å². The molecule has 5 nitrogen and oxygen atoms in total. The Morgan fingerprint density at radius 3 is 1.36 bits per heavy atom. The van der Waals surface area contributed by atoms with Crippen LogP contribution >= 0.6 is 15.2 Å². The summed E-state index contributed by atoms with van der Waals surface area (Å²) in [6.07, 6.45) is 0. The lowest BCUT2D eigenvalue weighted by Gasteiger charge is -2.15. The molecule has 0 saturated carbocycles. The molecule has 0 amide bonds. The minimum atomic E-state index is -3.20. The van der Waals surface area contributed by atoms with Crippen molar-refractivity contribution >= 4 is 15.2 Å². The van der Waals surface area contributed by atoms with Crippen molar-refractivity contribution in [3.63, 3.8) is 0 Å². The predicted molar refractivity (Wildman–Crippen MR) is 42.2 cm³/mol. The maximum atomic E-state index is 11.1. The third-order valence-electron chi connectivity index (χ3n) is 0.960. The van der Waals surface area contributed by atoms with Crippen molar-refractivity contribution in [1.82, 2.24) is 0 Å². The van der Waals surface area contributed by atoms with E-state index in [1.807, 2.05) is 0 Å². The SMILES string of the molecule is COP(C)(=O)OP(C)(=O)OC. The molecule has 2 unspecified atom stereocenters. The van der Waals surface area contributed by atoms with E-state index in [0.717, 1.165) is 0 Å². The summed E-state index contributed by atoms with van der Waals surface area (Å²) in [5.74, 6) is 0. The molecular formula is C4H12O5P2.